The maximum Gasteiger partial charge on any atom is 0.272 e. The number of anilines is 1. The number of ether oxygens (including phenoxy) is 1. The Bertz CT molecular complexity index is 599. The molecule has 0 aliphatic heterocycles. The molecule has 2 rings (SSSR count). The molecule has 5 nitrogen and oxygen atoms in total. The van der Waals surface area contributed by atoms with Crippen LogP contribution < -0.4 is 10.1 Å². The molecule has 0 aliphatic carbocycles. The minimum atomic E-state index is -0.294. The van der Waals surface area contributed by atoms with E-state index < -0.39 is 0 Å². The second-order valence-electron chi connectivity index (χ2n) is 4.04. The van der Waals surface area contributed by atoms with Crippen LogP contribution in [0.15, 0.2) is 36.5 Å². The van der Waals surface area contributed by atoms with Gasteiger partial charge in [0, 0.05) is 17.4 Å². The number of hydrogen-bond acceptors (Lipinski definition) is 3. The SMILES string of the molecule is COc1ccc(NC(=O)c2cc(C(C)=O)c[nH]2)cc1. The van der Waals surface area contributed by atoms with E-state index in [0.717, 1.165) is 5.75 Å². The Morgan fingerprint density at radius 1 is 1.21 bits per heavy atom. The summed E-state index contributed by atoms with van der Waals surface area (Å²) in [6, 6.07) is 8.52. The highest BCUT2D eigenvalue weighted by molar-refractivity contribution is 6.05. The number of aromatic nitrogens is 1. The van der Waals surface area contributed by atoms with Crippen LogP contribution in [0.4, 0.5) is 5.69 Å². The van der Waals surface area contributed by atoms with E-state index >= 15 is 0 Å². The number of Topliss-reactive ketones (excluding diaryl/α,β-unsaturated/α-hetero) is 1. The number of nitrogens with one attached hydrogen (secondary N) is 2. The zero-order valence-electron chi connectivity index (χ0n) is 10.7. The Morgan fingerprint density at radius 3 is 2.42 bits per heavy atom. The lowest BCUT2D eigenvalue weighted by molar-refractivity contribution is 0.101. The second kappa shape index (κ2) is 5.39. The zero-order chi connectivity index (χ0) is 13.8. The van der Waals surface area contributed by atoms with Crippen LogP contribution in [-0.2, 0) is 0 Å². The number of amides is 1. The van der Waals surface area contributed by atoms with Gasteiger partial charge in [-0.15, -0.1) is 0 Å². The summed E-state index contributed by atoms with van der Waals surface area (Å²) in [5.41, 5.74) is 1.49. The molecule has 1 aromatic carbocycles. The molecule has 1 aromatic heterocycles. The van der Waals surface area contributed by atoms with Gasteiger partial charge < -0.3 is 15.0 Å². The fraction of sp³-hybridized carbons (Fsp3) is 0.143. The van der Waals surface area contributed by atoms with Crippen LogP contribution in [0.1, 0.15) is 27.8 Å². The molecule has 2 aromatic rings. The van der Waals surface area contributed by atoms with Gasteiger partial charge in [0.25, 0.3) is 5.91 Å². The van der Waals surface area contributed by atoms with E-state index in [2.05, 4.69) is 10.3 Å². The number of H-pyrrole nitrogens is 1. The monoisotopic (exact) mass is 258 g/mol. The Morgan fingerprint density at radius 2 is 1.89 bits per heavy atom. The van der Waals surface area contributed by atoms with Crippen molar-refractivity contribution in [2.24, 2.45) is 0 Å². The Balaban J connectivity index is 2.08. The van der Waals surface area contributed by atoms with E-state index in [1.165, 1.54) is 19.2 Å². The third-order valence-corrected chi connectivity index (χ3v) is 2.68. The Kier molecular flexibility index (Phi) is 3.66. The van der Waals surface area contributed by atoms with Crippen molar-refractivity contribution >= 4 is 17.4 Å². The molecular weight excluding hydrogens is 244 g/mol. The number of carbonyl (C=O) groups is 2. The molecule has 1 amide bonds. The lowest BCUT2D eigenvalue weighted by Gasteiger charge is -2.04. The summed E-state index contributed by atoms with van der Waals surface area (Å²) >= 11 is 0. The van der Waals surface area contributed by atoms with E-state index in [0.29, 0.717) is 16.9 Å². The first-order valence-electron chi connectivity index (χ1n) is 5.75. The Hall–Kier alpha value is -2.56. The highest BCUT2D eigenvalue weighted by atomic mass is 16.5. The van der Waals surface area contributed by atoms with Gasteiger partial charge in [-0.3, -0.25) is 9.59 Å². The highest BCUT2D eigenvalue weighted by Crippen LogP contribution is 2.16. The molecule has 0 bridgehead atoms. The van der Waals surface area contributed by atoms with Gasteiger partial charge in [-0.25, -0.2) is 0 Å². The number of ketones is 1. The van der Waals surface area contributed by atoms with Crippen LogP contribution in [0.2, 0.25) is 0 Å². The van der Waals surface area contributed by atoms with Crippen molar-refractivity contribution in [3.63, 3.8) is 0 Å². The van der Waals surface area contributed by atoms with Crippen LogP contribution in [0.25, 0.3) is 0 Å². The summed E-state index contributed by atoms with van der Waals surface area (Å²) in [6.45, 7) is 1.45. The van der Waals surface area contributed by atoms with Gasteiger partial charge in [0.05, 0.1) is 7.11 Å². The second-order valence-corrected chi connectivity index (χ2v) is 4.04. The highest BCUT2D eigenvalue weighted by Gasteiger charge is 2.10. The lowest BCUT2D eigenvalue weighted by Crippen LogP contribution is -2.12. The third kappa shape index (κ3) is 3.01. The van der Waals surface area contributed by atoms with Gasteiger partial charge >= 0.3 is 0 Å². The van der Waals surface area contributed by atoms with Gasteiger partial charge in [-0.05, 0) is 37.3 Å². The minimum Gasteiger partial charge on any atom is -0.497 e. The molecule has 1 heterocycles. The maximum absolute atomic E-state index is 11.9. The van der Waals surface area contributed by atoms with Crippen LogP contribution in [0, 0.1) is 0 Å². The number of aromatic amines is 1. The number of methoxy groups -OCH3 is 1. The summed E-state index contributed by atoms with van der Waals surface area (Å²) in [5, 5.41) is 2.72. The van der Waals surface area contributed by atoms with E-state index in [9.17, 15) is 9.59 Å². The number of carbonyl (C=O) groups excluding carboxylic acids is 2. The topological polar surface area (TPSA) is 71.2 Å². The molecule has 19 heavy (non-hydrogen) atoms. The summed E-state index contributed by atoms with van der Waals surface area (Å²) in [7, 11) is 1.58. The standard InChI is InChI=1S/C14H14N2O3/c1-9(17)10-7-13(15-8-10)14(18)16-11-3-5-12(19-2)6-4-11/h3-8,15H,1-2H3,(H,16,18). The van der Waals surface area contributed by atoms with Crippen molar-refractivity contribution in [3.8, 4) is 5.75 Å². The first-order chi connectivity index (χ1) is 9.10. The molecule has 0 unspecified atom stereocenters. The van der Waals surface area contributed by atoms with Gasteiger partial charge in [0.2, 0.25) is 0 Å². The first-order valence-corrected chi connectivity index (χ1v) is 5.75. The molecule has 0 fully saturated rings. The number of rotatable bonds is 4. The minimum absolute atomic E-state index is 0.0836. The summed E-state index contributed by atoms with van der Waals surface area (Å²) in [5.74, 6) is 0.342. The maximum atomic E-state index is 11.9. The van der Waals surface area contributed by atoms with Crippen molar-refractivity contribution < 1.29 is 14.3 Å². The van der Waals surface area contributed by atoms with Crippen molar-refractivity contribution in [1.29, 1.82) is 0 Å². The molecule has 0 saturated heterocycles. The smallest absolute Gasteiger partial charge is 0.272 e. The van der Waals surface area contributed by atoms with Crippen LogP contribution in [0.3, 0.4) is 0 Å². The van der Waals surface area contributed by atoms with E-state index in [1.807, 2.05) is 0 Å². The molecule has 5 heteroatoms. The van der Waals surface area contributed by atoms with Gasteiger partial charge in [-0.1, -0.05) is 0 Å². The lowest BCUT2D eigenvalue weighted by atomic mass is 10.2. The number of benzene rings is 1. The van der Waals surface area contributed by atoms with Crippen molar-refractivity contribution in [3.05, 3.63) is 47.8 Å². The van der Waals surface area contributed by atoms with Crippen LogP contribution >= 0.6 is 0 Å². The third-order valence-electron chi connectivity index (χ3n) is 2.68. The summed E-state index contributed by atoms with van der Waals surface area (Å²) in [4.78, 5) is 25.8. The molecule has 2 N–H and O–H groups in total. The molecule has 0 spiro atoms. The molecule has 0 atom stereocenters. The predicted molar refractivity (Wildman–Crippen MR) is 71.7 cm³/mol. The Labute approximate surface area is 110 Å². The van der Waals surface area contributed by atoms with E-state index in [4.69, 9.17) is 4.74 Å². The summed E-state index contributed by atoms with van der Waals surface area (Å²) in [6.07, 6.45) is 1.52. The van der Waals surface area contributed by atoms with Crippen LogP contribution in [0.5, 0.6) is 5.75 Å². The van der Waals surface area contributed by atoms with Crippen molar-refractivity contribution in [1.82, 2.24) is 4.98 Å². The van der Waals surface area contributed by atoms with E-state index in [1.54, 1.807) is 31.4 Å². The average molecular weight is 258 g/mol. The van der Waals surface area contributed by atoms with E-state index in [-0.39, 0.29) is 11.7 Å². The largest absolute Gasteiger partial charge is 0.497 e. The zero-order valence-corrected chi connectivity index (χ0v) is 10.7. The fourth-order valence-electron chi connectivity index (χ4n) is 1.60. The molecule has 0 radical (unpaired) electrons. The molecule has 0 aliphatic rings. The molecule has 0 saturated carbocycles. The molecule has 98 valence electrons. The summed E-state index contributed by atoms with van der Waals surface area (Å²) < 4.78 is 5.03. The molecular formula is C14H14N2O3. The van der Waals surface area contributed by atoms with Crippen molar-refractivity contribution in [2.45, 2.75) is 6.92 Å². The fourth-order valence-corrected chi connectivity index (χ4v) is 1.60. The van der Waals surface area contributed by atoms with Crippen molar-refractivity contribution in [2.75, 3.05) is 12.4 Å². The first kappa shape index (κ1) is 12.9. The van der Waals surface area contributed by atoms with Gasteiger partial charge in [0.1, 0.15) is 11.4 Å². The predicted octanol–water partition coefficient (Wildman–Crippen LogP) is 2.48. The average Bonchev–Trinajstić information content (AvgIpc) is 2.89. The van der Waals surface area contributed by atoms with Gasteiger partial charge in [-0.2, -0.15) is 0 Å². The van der Waals surface area contributed by atoms with Gasteiger partial charge in [0.15, 0.2) is 5.78 Å². The quantitative estimate of drug-likeness (QED) is 0.827. The van der Waals surface area contributed by atoms with Crippen LogP contribution in [-0.4, -0.2) is 23.8 Å². The normalized spacial score (nSPS) is 10.0. The number of hydrogen-bond donors (Lipinski definition) is 2.